The van der Waals surface area contributed by atoms with Crippen molar-refractivity contribution in [2.75, 3.05) is 5.75 Å². The lowest BCUT2D eigenvalue weighted by atomic mass is 10.0. The fourth-order valence-corrected chi connectivity index (χ4v) is 4.84. The first kappa shape index (κ1) is 16.5. The van der Waals surface area contributed by atoms with Crippen LogP contribution in [0, 0.1) is 6.92 Å². The minimum atomic E-state index is -3.77. The topological polar surface area (TPSA) is 63.2 Å². The van der Waals surface area contributed by atoms with Gasteiger partial charge in [-0.3, -0.25) is 4.79 Å². The van der Waals surface area contributed by atoms with E-state index in [0.717, 1.165) is 10.5 Å². The normalized spacial score (nSPS) is 17.8. The Labute approximate surface area is 144 Å². The maximum absolute atomic E-state index is 12.6. The summed E-state index contributed by atoms with van der Waals surface area (Å²) < 4.78 is 27.3. The van der Waals surface area contributed by atoms with E-state index in [1.54, 1.807) is 6.07 Å². The van der Waals surface area contributed by atoms with Gasteiger partial charge in [0.05, 0.1) is 10.9 Å². The van der Waals surface area contributed by atoms with Crippen molar-refractivity contribution in [1.82, 2.24) is 4.72 Å². The van der Waals surface area contributed by atoms with Gasteiger partial charge in [-0.15, -0.1) is 11.8 Å². The van der Waals surface area contributed by atoms with Crippen LogP contribution in [0.5, 0.6) is 0 Å². The Morgan fingerprint density at radius 2 is 1.87 bits per heavy atom. The van der Waals surface area contributed by atoms with Crippen LogP contribution in [0.25, 0.3) is 0 Å². The molecule has 2 aromatic rings. The van der Waals surface area contributed by atoms with Gasteiger partial charge in [-0.05, 0) is 43.3 Å². The zero-order valence-electron chi connectivity index (χ0n) is 12.2. The van der Waals surface area contributed by atoms with Gasteiger partial charge in [0.15, 0.2) is 5.78 Å². The second-order valence-corrected chi connectivity index (χ2v) is 8.51. The van der Waals surface area contributed by atoms with E-state index in [2.05, 4.69) is 4.72 Å². The lowest BCUT2D eigenvalue weighted by Gasteiger charge is -2.24. The Balaban J connectivity index is 1.86. The minimum absolute atomic E-state index is 0.0924. The summed E-state index contributed by atoms with van der Waals surface area (Å²) in [5.74, 6) is 0.182. The Kier molecular flexibility index (Phi) is 4.51. The molecule has 1 N–H and O–H groups in total. The zero-order valence-corrected chi connectivity index (χ0v) is 14.6. The Morgan fingerprint density at radius 3 is 2.57 bits per heavy atom. The number of carbonyl (C=O) groups is 1. The van der Waals surface area contributed by atoms with Crippen LogP contribution in [-0.2, 0) is 10.0 Å². The van der Waals surface area contributed by atoms with Gasteiger partial charge < -0.3 is 0 Å². The molecule has 0 bridgehead atoms. The number of sulfonamides is 1. The number of carbonyl (C=O) groups excluding carboxylic acids is 1. The molecular weight excluding hydrogens is 354 g/mol. The van der Waals surface area contributed by atoms with Crippen molar-refractivity contribution in [2.24, 2.45) is 0 Å². The molecule has 0 saturated heterocycles. The van der Waals surface area contributed by atoms with E-state index >= 15 is 0 Å². The first-order valence-electron chi connectivity index (χ1n) is 6.92. The first-order valence-corrected chi connectivity index (χ1v) is 9.77. The molecule has 1 heterocycles. The molecule has 0 unspecified atom stereocenters. The highest BCUT2D eigenvalue weighted by atomic mass is 35.5. The maximum Gasteiger partial charge on any atom is 0.241 e. The second-order valence-electron chi connectivity index (χ2n) is 5.30. The summed E-state index contributed by atoms with van der Waals surface area (Å²) >= 11 is 7.25. The van der Waals surface area contributed by atoms with Gasteiger partial charge in [-0.25, -0.2) is 8.42 Å². The summed E-state index contributed by atoms with van der Waals surface area (Å²) in [6, 6.07) is 10.7. The van der Waals surface area contributed by atoms with Gasteiger partial charge in [0.1, 0.15) is 0 Å². The zero-order chi connectivity index (χ0) is 16.6. The summed E-state index contributed by atoms with van der Waals surface area (Å²) in [6.45, 7) is 1.90. The molecule has 0 spiro atoms. The van der Waals surface area contributed by atoms with E-state index in [4.69, 9.17) is 11.6 Å². The highest BCUT2D eigenvalue weighted by Gasteiger charge is 2.31. The van der Waals surface area contributed by atoms with E-state index in [1.807, 2.05) is 19.1 Å². The third kappa shape index (κ3) is 3.45. The smallest absolute Gasteiger partial charge is 0.241 e. The molecule has 3 rings (SSSR count). The highest BCUT2D eigenvalue weighted by molar-refractivity contribution is 7.99. The van der Waals surface area contributed by atoms with Crippen molar-refractivity contribution in [3.05, 3.63) is 58.6 Å². The van der Waals surface area contributed by atoms with Crippen LogP contribution in [0.2, 0.25) is 5.02 Å². The van der Waals surface area contributed by atoms with Gasteiger partial charge in [0.25, 0.3) is 0 Å². The van der Waals surface area contributed by atoms with Gasteiger partial charge in [-0.2, -0.15) is 4.72 Å². The molecule has 23 heavy (non-hydrogen) atoms. The summed E-state index contributed by atoms with van der Waals surface area (Å²) in [5.41, 5.74) is 1.55. The Morgan fingerprint density at radius 1 is 1.17 bits per heavy atom. The molecule has 0 radical (unpaired) electrons. The summed E-state index contributed by atoms with van der Waals surface area (Å²) in [7, 11) is -3.77. The van der Waals surface area contributed by atoms with Crippen molar-refractivity contribution in [3.63, 3.8) is 0 Å². The molecular formula is C16H14ClNO3S2. The van der Waals surface area contributed by atoms with Gasteiger partial charge in [0.2, 0.25) is 10.0 Å². The quantitative estimate of drug-likeness (QED) is 0.904. The number of nitrogens with one attached hydrogen (secondary N) is 1. The van der Waals surface area contributed by atoms with Crippen molar-refractivity contribution in [2.45, 2.75) is 22.8 Å². The minimum Gasteiger partial charge on any atom is -0.292 e. The monoisotopic (exact) mass is 367 g/mol. The summed E-state index contributed by atoms with van der Waals surface area (Å²) in [6.07, 6.45) is 0. The molecule has 0 aromatic heterocycles. The van der Waals surface area contributed by atoms with Gasteiger partial charge >= 0.3 is 0 Å². The van der Waals surface area contributed by atoms with Crippen LogP contribution in [0.1, 0.15) is 15.9 Å². The molecule has 2 aromatic carbocycles. The fourth-order valence-electron chi connectivity index (χ4n) is 2.36. The van der Waals surface area contributed by atoms with E-state index in [-0.39, 0.29) is 10.7 Å². The Hall–Kier alpha value is -1.34. The second kappa shape index (κ2) is 6.28. The van der Waals surface area contributed by atoms with Crippen LogP contribution in [0.15, 0.2) is 52.3 Å². The SMILES string of the molecule is Cc1ccc2c(c1)C(=O)[C@H](NS(=O)(=O)c1ccc(Cl)cc1)CS2. The van der Waals surface area contributed by atoms with Gasteiger partial charge in [0, 0.05) is 21.2 Å². The molecule has 4 nitrogen and oxygen atoms in total. The van der Waals surface area contributed by atoms with E-state index < -0.39 is 16.1 Å². The lowest BCUT2D eigenvalue weighted by Crippen LogP contribution is -2.44. The van der Waals surface area contributed by atoms with Crippen LogP contribution in [0.3, 0.4) is 0 Å². The maximum atomic E-state index is 12.6. The number of fused-ring (bicyclic) bond motifs is 1. The number of ketones is 1. The van der Waals surface area contributed by atoms with Gasteiger partial charge in [-0.1, -0.05) is 23.2 Å². The van der Waals surface area contributed by atoms with E-state index in [0.29, 0.717) is 16.3 Å². The van der Waals surface area contributed by atoms with E-state index in [9.17, 15) is 13.2 Å². The number of halogens is 1. The Bertz CT molecular complexity index is 863. The fraction of sp³-hybridized carbons (Fsp3) is 0.188. The largest absolute Gasteiger partial charge is 0.292 e. The molecule has 0 saturated carbocycles. The number of hydrogen-bond acceptors (Lipinski definition) is 4. The van der Waals surface area contributed by atoms with Crippen LogP contribution < -0.4 is 4.72 Å². The van der Waals surface area contributed by atoms with E-state index in [1.165, 1.54) is 36.0 Å². The number of aryl methyl sites for hydroxylation is 1. The average Bonchev–Trinajstić information content (AvgIpc) is 2.51. The predicted molar refractivity (Wildman–Crippen MR) is 91.8 cm³/mol. The number of hydrogen-bond donors (Lipinski definition) is 1. The molecule has 0 amide bonds. The van der Waals surface area contributed by atoms with Crippen molar-refractivity contribution >= 4 is 39.2 Å². The average molecular weight is 368 g/mol. The first-order chi connectivity index (χ1) is 10.9. The molecule has 1 aliphatic heterocycles. The van der Waals surface area contributed by atoms with Crippen LogP contribution in [0.4, 0.5) is 0 Å². The highest BCUT2D eigenvalue weighted by Crippen LogP contribution is 2.31. The molecule has 0 fully saturated rings. The number of Topliss-reactive ketones (excluding diaryl/α,β-unsaturated/α-hetero) is 1. The van der Waals surface area contributed by atoms with Crippen molar-refractivity contribution in [1.29, 1.82) is 0 Å². The number of rotatable bonds is 3. The standard InChI is InChI=1S/C16H14ClNO3S2/c1-10-2-7-15-13(8-10)16(19)14(9-22-15)18-23(20,21)12-5-3-11(17)4-6-12/h2-8,14,18H,9H2,1H3/t14-/m1/s1. The molecule has 7 heteroatoms. The number of benzene rings is 2. The van der Waals surface area contributed by atoms with Crippen molar-refractivity contribution < 1.29 is 13.2 Å². The predicted octanol–water partition coefficient (Wildman–Crippen LogP) is 3.28. The van der Waals surface area contributed by atoms with Crippen LogP contribution >= 0.6 is 23.4 Å². The van der Waals surface area contributed by atoms with Crippen molar-refractivity contribution in [3.8, 4) is 0 Å². The lowest BCUT2D eigenvalue weighted by molar-refractivity contribution is 0.0957. The van der Waals surface area contributed by atoms with Crippen LogP contribution in [-0.4, -0.2) is 26.0 Å². The molecule has 0 aliphatic carbocycles. The summed E-state index contributed by atoms with van der Waals surface area (Å²) in [4.78, 5) is 13.6. The molecule has 1 atom stereocenters. The third-order valence-electron chi connectivity index (χ3n) is 3.54. The molecule has 120 valence electrons. The summed E-state index contributed by atoms with van der Waals surface area (Å²) in [5, 5.41) is 0.456. The number of thioether (sulfide) groups is 1. The third-order valence-corrected chi connectivity index (χ3v) is 6.45. The molecule has 1 aliphatic rings.